The van der Waals surface area contributed by atoms with Crippen molar-refractivity contribution in [2.45, 2.75) is 77.2 Å². The molecule has 0 bridgehead atoms. The Morgan fingerprint density at radius 1 is 1.07 bits per heavy atom. The van der Waals surface area contributed by atoms with E-state index in [4.69, 9.17) is 4.74 Å². The Morgan fingerprint density at radius 2 is 1.81 bits per heavy atom. The van der Waals surface area contributed by atoms with Gasteiger partial charge in [0.25, 0.3) is 0 Å². The minimum absolute atomic E-state index is 0.0250. The summed E-state index contributed by atoms with van der Waals surface area (Å²) < 4.78 is 5.14. The second kappa shape index (κ2) is 13.0. The smallest absolute Gasteiger partial charge is 0.308 e. The highest BCUT2D eigenvalue weighted by Gasteiger charge is 2.27. The van der Waals surface area contributed by atoms with Crippen LogP contribution in [0.25, 0.3) is 0 Å². The summed E-state index contributed by atoms with van der Waals surface area (Å²) in [6, 6.07) is 0.404. The van der Waals surface area contributed by atoms with E-state index in [1.807, 2.05) is 14.0 Å². The number of ether oxygens (including phenoxy) is 1. The molecular formula is C21H40N4O2. The second-order valence-electron chi connectivity index (χ2n) is 7.91. The van der Waals surface area contributed by atoms with Crippen LogP contribution in [0.2, 0.25) is 0 Å². The molecule has 2 aliphatic rings. The minimum Gasteiger partial charge on any atom is -0.466 e. The van der Waals surface area contributed by atoms with Gasteiger partial charge in [-0.1, -0.05) is 12.8 Å². The van der Waals surface area contributed by atoms with E-state index in [1.54, 1.807) is 0 Å². The van der Waals surface area contributed by atoms with E-state index in [9.17, 15) is 4.79 Å². The van der Waals surface area contributed by atoms with Crippen molar-refractivity contribution < 1.29 is 9.53 Å². The molecule has 0 amide bonds. The fourth-order valence-electron chi connectivity index (χ4n) is 4.15. The van der Waals surface area contributed by atoms with Crippen LogP contribution in [-0.2, 0) is 9.53 Å². The third kappa shape index (κ3) is 8.50. The van der Waals surface area contributed by atoms with Gasteiger partial charge in [-0.05, 0) is 77.9 Å². The lowest BCUT2D eigenvalue weighted by atomic mass is 9.86. The normalized spacial score (nSPS) is 24.4. The van der Waals surface area contributed by atoms with E-state index in [0.717, 1.165) is 38.2 Å². The first kappa shape index (κ1) is 22.0. The number of nitrogens with zero attached hydrogens (tertiary/aromatic N) is 2. The largest absolute Gasteiger partial charge is 0.466 e. The molecule has 1 aliphatic heterocycles. The zero-order valence-corrected chi connectivity index (χ0v) is 17.5. The molecule has 6 nitrogen and oxygen atoms in total. The summed E-state index contributed by atoms with van der Waals surface area (Å²) >= 11 is 0. The van der Waals surface area contributed by atoms with Gasteiger partial charge in [-0.25, -0.2) is 0 Å². The molecule has 156 valence electrons. The quantitative estimate of drug-likeness (QED) is 0.279. The zero-order valence-electron chi connectivity index (χ0n) is 17.5. The molecule has 0 spiro atoms. The summed E-state index contributed by atoms with van der Waals surface area (Å²) in [6.07, 6.45) is 11.7. The molecule has 2 rings (SSSR count). The third-order valence-electron chi connectivity index (χ3n) is 5.80. The number of likely N-dealkylation sites (tertiary alicyclic amines) is 1. The Labute approximate surface area is 165 Å². The molecule has 0 aromatic rings. The fraction of sp³-hybridized carbons (Fsp3) is 0.905. The predicted molar refractivity (Wildman–Crippen MR) is 111 cm³/mol. The van der Waals surface area contributed by atoms with E-state index in [-0.39, 0.29) is 11.9 Å². The van der Waals surface area contributed by atoms with E-state index in [1.165, 1.54) is 58.2 Å². The van der Waals surface area contributed by atoms with Crippen LogP contribution in [0.4, 0.5) is 0 Å². The van der Waals surface area contributed by atoms with E-state index in [0.29, 0.717) is 12.6 Å². The van der Waals surface area contributed by atoms with Crippen LogP contribution in [0.15, 0.2) is 4.99 Å². The van der Waals surface area contributed by atoms with Crippen LogP contribution < -0.4 is 10.6 Å². The van der Waals surface area contributed by atoms with Crippen molar-refractivity contribution in [3.8, 4) is 0 Å². The van der Waals surface area contributed by atoms with Crippen molar-refractivity contribution >= 4 is 11.9 Å². The Bertz CT molecular complexity index is 441. The number of unbranched alkanes of at least 4 members (excludes halogenated alkanes) is 2. The van der Waals surface area contributed by atoms with Crippen LogP contribution >= 0.6 is 0 Å². The molecule has 2 fully saturated rings. The summed E-state index contributed by atoms with van der Waals surface area (Å²) in [5, 5.41) is 6.96. The molecule has 27 heavy (non-hydrogen) atoms. The van der Waals surface area contributed by atoms with Gasteiger partial charge in [0.2, 0.25) is 0 Å². The molecule has 0 aromatic heterocycles. The molecule has 1 heterocycles. The number of hydrogen-bond acceptors (Lipinski definition) is 4. The molecule has 1 saturated heterocycles. The molecule has 2 N–H and O–H groups in total. The van der Waals surface area contributed by atoms with Crippen molar-refractivity contribution in [2.24, 2.45) is 10.9 Å². The van der Waals surface area contributed by atoms with E-state index >= 15 is 0 Å². The molecule has 0 atom stereocenters. The standard InChI is InChI=1S/C21H40N4O2/c1-3-27-20(26)18-10-12-19(13-11-18)24-21(22-2)23-14-6-4-7-15-25-16-8-5-9-17-25/h18-19H,3-17H2,1-2H3,(H2,22,23,24). The number of carbonyl (C=O) groups excluding carboxylic acids is 1. The van der Waals surface area contributed by atoms with Crippen molar-refractivity contribution in [3.05, 3.63) is 0 Å². The second-order valence-corrected chi connectivity index (χ2v) is 7.91. The first-order valence-corrected chi connectivity index (χ1v) is 11.1. The topological polar surface area (TPSA) is 66.0 Å². The average Bonchev–Trinajstić information content (AvgIpc) is 2.71. The van der Waals surface area contributed by atoms with Crippen molar-refractivity contribution in [2.75, 3.05) is 39.8 Å². The maximum atomic E-state index is 11.8. The van der Waals surface area contributed by atoms with Gasteiger partial charge in [0.15, 0.2) is 5.96 Å². The van der Waals surface area contributed by atoms with Gasteiger partial charge in [-0.15, -0.1) is 0 Å². The average molecular weight is 381 g/mol. The number of rotatable bonds is 9. The molecule has 0 aromatic carbocycles. The SMILES string of the molecule is CCOC(=O)C1CCC(NC(=NC)NCCCCCN2CCCCC2)CC1. The van der Waals surface area contributed by atoms with Crippen molar-refractivity contribution in [1.82, 2.24) is 15.5 Å². The van der Waals surface area contributed by atoms with Crippen molar-refractivity contribution in [3.63, 3.8) is 0 Å². The molecule has 0 unspecified atom stereocenters. The third-order valence-corrected chi connectivity index (χ3v) is 5.80. The summed E-state index contributed by atoms with van der Waals surface area (Å²) in [5.74, 6) is 0.950. The van der Waals surface area contributed by atoms with Gasteiger partial charge in [0, 0.05) is 19.6 Å². The van der Waals surface area contributed by atoms with Gasteiger partial charge in [0.05, 0.1) is 12.5 Å². The minimum atomic E-state index is -0.0250. The maximum Gasteiger partial charge on any atom is 0.308 e. The number of aliphatic imine (C=N–C) groups is 1. The lowest BCUT2D eigenvalue weighted by Crippen LogP contribution is -2.45. The number of carbonyl (C=O) groups is 1. The number of piperidine rings is 1. The molecular weight excluding hydrogens is 340 g/mol. The highest BCUT2D eigenvalue weighted by molar-refractivity contribution is 5.80. The summed E-state index contributed by atoms with van der Waals surface area (Å²) in [6.45, 7) is 7.18. The zero-order chi connectivity index (χ0) is 19.3. The van der Waals surface area contributed by atoms with Gasteiger partial charge < -0.3 is 20.3 Å². The van der Waals surface area contributed by atoms with Crippen LogP contribution in [0.3, 0.4) is 0 Å². The number of hydrogen-bond donors (Lipinski definition) is 2. The first-order valence-electron chi connectivity index (χ1n) is 11.1. The summed E-state index contributed by atoms with van der Waals surface area (Å²) in [4.78, 5) is 18.8. The monoisotopic (exact) mass is 380 g/mol. The Morgan fingerprint density at radius 3 is 2.48 bits per heavy atom. The Hall–Kier alpha value is -1.30. The first-order chi connectivity index (χ1) is 13.2. The summed E-state index contributed by atoms with van der Waals surface area (Å²) in [7, 11) is 1.83. The van der Waals surface area contributed by atoms with E-state index in [2.05, 4.69) is 20.5 Å². The summed E-state index contributed by atoms with van der Waals surface area (Å²) in [5.41, 5.74) is 0. The lowest BCUT2D eigenvalue weighted by Gasteiger charge is -2.29. The molecule has 6 heteroatoms. The maximum absolute atomic E-state index is 11.8. The number of guanidine groups is 1. The van der Waals surface area contributed by atoms with Crippen molar-refractivity contribution in [1.29, 1.82) is 0 Å². The number of esters is 1. The van der Waals surface area contributed by atoms with Crippen LogP contribution in [-0.4, -0.2) is 62.7 Å². The lowest BCUT2D eigenvalue weighted by molar-refractivity contribution is -0.149. The highest BCUT2D eigenvalue weighted by Crippen LogP contribution is 2.25. The Kier molecular flexibility index (Phi) is 10.6. The van der Waals surface area contributed by atoms with Crippen LogP contribution in [0.1, 0.15) is 71.1 Å². The van der Waals surface area contributed by atoms with Gasteiger partial charge in [-0.3, -0.25) is 9.79 Å². The van der Waals surface area contributed by atoms with Crippen LogP contribution in [0.5, 0.6) is 0 Å². The molecule has 1 saturated carbocycles. The number of nitrogens with one attached hydrogen (secondary N) is 2. The predicted octanol–water partition coefficient (Wildman–Crippen LogP) is 2.93. The molecule has 1 aliphatic carbocycles. The van der Waals surface area contributed by atoms with Gasteiger partial charge in [0.1, 0.15) is 0 Å². The Balaban J connectivity index is 1.52. The highest BCUT2D eigenvalue weighted by atomic mass is 16.5. The van der Waals surface area contributed by atoms with Gasteiger partial charge in [-0.2, -0.15) is 0 Å². The molecule has 0 radical (unpaired) electrons. The van der Waals surface area contributed by atoms with E-state index < -0.39 is 0 Å². The van der Waals surface area contributed by atoms with Gasteiger partial charge >= 0.3 is 5.97 Å². The fourth-order valence-corrected chi connectivity index (χ4v) is 4.15. The van der Waals surface area contributed by atoms with Crippen LogP contribution in [0, 0.1) is 5.92 Å².